The highest BCUT2D eigenvalue weighted by Crippen LogP contribution is 2.50. The first-order chi connectivity index (χ1) is 21.7. The van der Waals surface area contributed by atoms with Crippen molar-refractivity contribution in [1.29, 1.82) is 0 Å². The fraction of sp³-hybridized carbons (Fsp3) is 0.524. The van der Waals surface area contributed by atoms with E-state index in [-0.39, 0.29) is 34.1 Å². The van der Waals surface area contributed by atoms with Crippen LogP contribution < -0.4 is 26.6 Å². The average Bonchev–Trinajstić information content (AvgIpc) is 3.72. The number of nitrogens with zero attached hydrogens (tertiary/aromatic N) is 6. The van der Waals surface area contributed by atoms with Gasteiger partial charge in [-0.05, 0) is 6.92 Å². The molecule has 248 valence electrons. The number of H-pyrrole nitrogens is 2. The van der Waals surface area contributed by atoms with Gasteiger partial charge in [0.25, 0.3) is 26.8 Å². The number of ether oxygens (including phenoxy) is 2. The van der Waals surface area contributed by atoms with E-state index in [9.17, 15) is 38.7 Å². The highest BCUT2D eigenvalue weighted by molar-refractivity contribution is 7.46. The van der Waals surface area contributed by atoms with Crippen LogP contribution in [0, 0.1) is 6.92 Å². The van der Waals surface area contributed by atoms with Crippen LogP contribution in [0.3, 0.4) is 0 Å². The summed E-state index contributed by atoms with van der Waals surface area (Å²) in [6.07, 6.45) is -11.2. The van der Waals surface area contributed by atoms with Crippen LogP contribution in [0.1, 0.15) is 18.3 Å². The molecule has 25 heteroatoms. The molecule has 3 fully saturated rings. The number of hydrogen-bond acceptors (Lipinski definition) is 19. The monoisotopic (exact) mass is 687 g/mol. The Labute approximate surface area is 254 Å². The molecule has 0 amide bonds. The number of nitrogens with two attached hydrogens (primary N) is 1. The molecule has 0 radical (unpaired) electrons. The Balaban J connectivity index is 1.18. The number of phosphoric acid groups is 2. The number of nitrogens with one attached hydrogen (secondary N) is 2. The second-order valence-electron chi connectivity index (χ2n) is 10.5. The Kier molecular flexibility index (Phi) is 7.51. The van der Waals surface area contributed by atoms with E-state index in [0.29, 0.717) is 0 Å². The molecule has 7 heterocycles. The van der Waals surface area contributed by atoms with Gasteiger partial charge in [0.05, 0.1) is 25.9 Å². The highest BCUT2D eigenvalue weighted by Gasteiger charge is 2.51. The van der Waals surface area contributed by atoms with E-state index in [1.54, 1.807) is 0 Å². The van der Waals surface area contributed by atoms with Gasteiger partial charge in [0.15, 0.2) is 34.8 Å². The number of fused-ring (bicyclic) bond motifs is 4. The first-order valence-electron chi connectivity index (χ1n) is 13.3. The summed E-state index contributed by atoms with van der Waals surface area (Å²) in [5.41, 5.74) is 3.85. The fourth-order valence-corrected chi connectivity index (χ4v) is 7.37. The summed E-state index contributed by atoms with van der Waals surface area (Å²) < 4.78 is 59.8. The van der Waals surface area contributed by atoms with Crippen molar-refractivity contribution in [2.45, 2.75) is 56.0 Å². The van der Waals surface area contributed by atoms with E-state index >= 15 is 0 Å². The molecule has 0 bridgehead atoms. The lowest BCUT2D eigenvalue weighted by Crippen LogP contribution is -2.41. The van der Waals surface area contributed by atoms with Crippen LogP contribution in [-0.2, 0) is 36.7 Å². The minimum Gasteiger partial charge on any atom is -0.756 e. The lowest BCUT2D eigenvalue weighted by atomic mass is 10.1. The van der Waals surface area contributed by atoms with Gasteiger partial charge < -0.3 is 58.3 Å². The molecule has 0 spiro atoms. The molecule has 46 heavy (non-hydrogen) atoms. The van der Waals surface area contributed by atoms with Crippen molar-refractivity contribution in [2.24, 2.45) is 0 Å². The van der Waals surface area contributed by atoms with Crippen molar-refractivity contribution >= 4 is 43.9 Å². The predicted molar refractivity (Wildman–Crippen MR) is 142 cm³/mol. The third-order valence-electron chi connectivity index (χ3n) is 7.46. The summed E-state index contributed by atoms with van der Waals surface area (Å²) >= 11 is 0. The number of rotatable bonds is 2. The van der Waals surface area contributed by atoms with E-state index in [4.69, 9.17) is 33.3 Å². The maximum absolute atomic E-state index is 13.0. The minimum absolute atomic E-state index is 0.0235. The Morgan fingerprint density at radius 1 is 0.848 bits per heavy atom. The molecule has 7 rings (SSSR count). The zero-order valence-corrected chi connectivity index (χ0v) is 24.9. The predicted octanol–water partition coefficient (Wildman–Crippen LogP) is -3.59. The number of phosphoric ester groups is 2. The van der Waals surface area contributed by atoms with Crippen molar-refractivity contribution in [1.82, 2.24) is 39.0 Å². The van der Waals surface area contributed by atoms with Crippen molar-refractivity contribution in [3.63, 3.8) is 0 Å². The quantitative estimate of drug-likeness (QED) is 0.127. The number of anilines is 1. The van der Waals surface area contributed by atoms with Gasteiger partial charge in [0, 0.05) is 0 Å². The summed E-state index contributed by atoms with van der Waals surface area (Å²) in [7, 11) is -10.7. The zero-order valence-electron chi connectivity index (χ0n) is 23.1. The molecule has 0 saturated carbocycles. The Bertz CT molecular complexity index is 1900. The van der Waals surface area contributed by atoms with Crippen LogP contribution in [0.5, 0.6) is 0 Å². The fourth-order valence-electron chi connectivity index (χ4n) is 5.47. The van der Waals surface area contributed by atoms with Crippen LogP contribution in [0.15, 0.2) is 22.2 Å². The van der Waals surface area contributed by atoms with Gasteiger partial charge in [0.2, 0.25) is 5.95 Å². The first-order valence-corrected chi connectivity index (χ1v) is 16.2. The summed E-state index contributed by atoms with van der Waals surface area (Å²) in [6.45, 7) is -0.388. The molecule has 3 saturated heterocycles. The molecule has 4 unspecified atom stereocenters. The average molecular weight is 687 g/mol. The van der Waals surface area contributed by atoms with Gasteiger partial charge in [-0.2, -0.15) is 4.98 Å². The lowest BCUT2D eigenvalue weighted by Gasteiger charge is -2.34. The SMILES string of the molecule is Cc1nc2c(ncn2[C@@H]2O[C@H]3COP(=O)([O-])O[C@@H]4C(O)[C@H](n5cnc6c(=O)[nH]c(N)nc65)O[C@H]4COP(=O)([O-])OC3[C@@H]2O)c(=O)[nH]1. The van der Waals surface area contributed by atoms with E-state index < -0.39 is 89.1 Å². The number of aliphatic hydroxyl groups excluding tert-OH is 2. The van der Waals surface area contributed by atoms with E-state index in [0.717, 1.165) is 21.8 Å². The molecule has 3 aliphatic heterocycles. The standard InChI is InChI=1S/C21H25N9O14P2/c1-6-25-15-9(17(33)26-6)23-4-29(15)19-11(31)13-7(41-19)2-39-46(37,38)44-14-8(3-40-45(35,36)43-13)42-20(12(14)32)30-5-24-10-16(30)27-21(22)28-18(10)34/h4-5,7-8,11-14,19-20,31-32H,2-3H2,1H3,(H,35,36)(H,37,38)(H,25,26,33)(H3,22,27,28,34)/p-2/t7-,8-,11-,12?,13?,14-,19+,20+/m0/s1. The number of imidazole rings is 2. The van der Waals surface area contributed by atoms with Gasteiger partial charge in [0.1, 0.15) is 42.4 Å². The number of nitrogen functional groups attached to an aromatic ring is 1. The smallest absolute Gasteiger partial charge is 0.280 e. The molecule has 23 nitrogen and oxygen atoms in total. The second kappa shape index (κ2) is 11.1. The number of aliphatic hydroxyl groups is 2. The molecule has 4 aromatic rings. The van der Waals surface area contributed by atoms with E-state index in [1.807, 2.05) is 0 Å². The van der Waals surface area contributed by atoms with Crippen molar-refractivity contribution in [2.75, 3.05) is 18.9 Å². The molecule has 10 atom stereocenters. The Hall–Kier alpha value is -3.44. The van der Waals surface area contributed by atoms with Crippen LogP contribution in [0.2, 0.25) is 0 Å². The van der Waals surface area contributed by atoms with Gasteiger partial charge in [-0.15, -0.1) is 0 Å². The number of aromatic amines is 2. The van der Waals surface area contributed by atoms with E-state index in [1.165, 1.54) is 6.92 Å². The Morgan fingerprint density at radius 3 is 1.80 bits per heavy atom. The highest BCUT2D eigenvalue weighted by atomic mass is 31.2. The molecular weight excluding hydrogens is 664 g/mol. The summed E-state index contributed by atoms with van der Waals surface area (Å²) in [4.78, 5) is 71.1. The van der Waals surface area contributed by atoms with Gasteiger partial charge in [-0.1, -0.05) is 0 Å². The molecule has 0 aromatic carbocycles. The van der Waals surface area contributed by atoms with Gasteiger partial charge >= 0.3 is 0 Å². The third kappa shape index (κ3) is 5.39. The van der Waals surface area contributed by atoms with Crippen LogP contribution in [0.25, 0.3) is 22.3 Å². The van der Waals surface area contributed by atoms with Crippen molar-refractivity contribution in [3.05, 3.63) is 39.2 Å². The van der Waals surface area contributed by atoms with Crippen molar-refractivity contribution in [3.8, 4) is 0 Å². The maximum atomic E-state index is 13.0. The second-order valence-corrected chi connectivity index (χ2v) is 13.2. The van der Waals surface area contributed by atoms with Crippen molar-refractivity contribution < 1.29 is 56.7 Å². The topological polar surface area (TPSA) is 329 Å². The summed E-state index contributed by atoms with van der Waals surface area (Å²) in [6, 6.07) is 0. The number of aromatic nitrogens is 8. The molecule has 3 aliphatic rings. The Morgan fingerprint density at radius 2 is 1.30 bits per heavy atom. The minimum atomic E-state index is -5.35. The third-order valence-corrected chi connectivity index (χ3v) is 9.40. The normalized spacial score (nSPS) is 37.2. The van der Waals surface area contributed by atoms with Gasteiger partial charge in [-0.3, -0.25) is 32.8 Å². The summed E-state index contributed by atoms with van der Waals surface area (Å²) in [5.74, 6) is -0.0923. The largest absolute Gasteiger partial charge is 0.756 e. The van der Waals surface area contributed by atoms with Crippen LogP contribution >= 0.6 is 15.6 Å². The van der Waals surface area contributed by atoms with Gasteiger partial charge in [-0.25, -0.2) is 15.0 Å². The van der Waals surface area contributed by atoms with E-state index in [2.05, 4.69) is 29.9 Å². The summed E-state index contributed by atoms with van der Waals surface area (Å²) in [5, 5.41) is 22.2. The molecule has 0 aliphatic carbocycles. The zero-order chi connectivity index (χ0) is 32.7. The van der Waals surface area contributed by atoms with Crippen LogP contribution in [-0.4, -0.2) is 99.1 Å². The first kappa shape index (κ1) is 31.2. The molecule has 6 N–H and O–H groups in total. The lowest BCUT2D eigenvalue weighted by molar-refractivity contribution is -0.244. The van der Waals surface area contributed by atoms with Crippen LogP contribution in [0.4, 0.5) is 5.95 Å². The molecular formula is C21H23N9O14P2-2. The number of hydrogen-bond donors (Lipinski definition) is 5. The maximum Gasteiger partial charge on any atom is 0.280 e. The number of aryl methyl sites for hydroxylation is 1. The molecule has 4 aromatic heterocycles.